The van der Waals surface area contributed by atoms with E-state index in [1.807, 2.05) is 10.3 Å². The molecule has 3 nitrogen and oxygen atoms in total. The highest BCUT2D eigenvalue weighted by atomic mass is 79.9. The van der Waals surface area contributed by atoms with E-state index in [1.165, 1.54) is 4.88 Å². The second-order valence-corrected chi connectivity index (χ2v) is 6.25. The molecule has 1 aromatic heterocycles. The number of thiophene rings is 1. The van der Waals surface area contributed by atoms with E-state index in [4.69, 9.17) is 0 Å². The van der Waals surface area contributed by atoms with Crippen molar-refractivity contribution in [2.45, 2.75) is 31.8 Å². The number of carbonyl (C=O) groups excluding carboxylic acids is 1. The molecule has 94 valence electrons. The van der Waals surface area contributed by atoms with E-state index in [2.05, 4.69) is 22.0 Å². The van der Waals surface area contributed by atoms with Gasteiger partial charge in [-0.2, -0.15) is 0 Å². The average molecular weight is 318 g/mol. The number of rotatable bonds is 3. The smallest absolute Gasteiger partial charge is 0.222 e. The summed E-state index contributed by atoms with van der Waals surface area (Å²) in [5.41, 5.74) is 0. The number of piperidine rings is 1. The van der Waals surface area contributed by atoms with Crippen LogP contribution in [0.1, 0.15) is 24.1 Å². The molecule has 0 aliphatic carbocycles. The first kappa shape index (κ1) is 13.1. The number of aliphatic hydroxyl groups excluding tert-OH is 1. The van der Waals surface area contributed by atoms with Gasteiger partial charge < -0.3 is 10.0 Å². The summed E-state index contributed by atoms with van der Waals surface area (Å²) < 4.78 is 1.09. The number of aryl methyl sites for hydroxylation is 1. The van der Waals surface area contributed by atoms with Crippen molar-refractivity contribution in [2.24, 2.45) is 0 Å². The monoisotopic (exact) mass is 317 g/mol. The molecule has 1 aliphatic heterocycles. The van der Waals surface area contributed by atoms with Gasteiger partial charge in [0.15, 0.2) is 0 Å². The van der Waals surface area contributed by atoms with E-state index in [0.29, 0.717) is 19.5 Å². The number of hydrogen-bond donors (Lipinski definition) is 1. The van der Waals surface area contributed by atoms with Crippen LogP contribution in [-0.2, 0) is 11.2 Å². The van der Waals surface area contributed by atoms with Crippen molar-refractivity contribution >= 4 is 33.2 Å². The molecular weight excluding hydrogens is 302 g/mol. The normalized spacial score (nSPS) is 17.4. The van der Waals surface area contributed by atoms with E-state index in [1.54, 1.807) is 11.3 Å². The molecule has 0 saturated carbocycles. The fraction of sp³-hybridized carbons (Fsp3) is 0.583. The third-order valence-corrected chi connectivity index (χ3v) is 4.78. The van der Waals surface area contributed by atoms with Gasteiger partial charge in [-0.05, 0) is 41.3 Å². The number of halogens is 1. The molecule has 1 N–H and O–H groups in total. The number of aliphatic hydroxyl groups is 1. The lowest BCUT2D eigenvalue weighted by Gasteiger charge is -2.29. The van der Waals surface area contributed by atoms with Gasteiger partial charge in [-0.25, -0.2) is 0 Å². The zero-order valence-electron chi connectivity index (χ0n) is 9.56. The van der Waals surface area contributed by atoms with Crippen molar-refractivity contribution in [2.75, 3.05) is 13.1 Å². The Balaban J connectivity index is 1.77. The maximum Gasteiger partial charge on any atom is 0.222 e. The van der Waals surface area contributed by atoms with E-state index < -0.39 is 0 Å². The van der Waals surface area contributed by atoms with E-state index in [0.717, 1.165) is 23.7 Å². The van der Waals surface area contributed by atoms with E-state index >= 15 is 0 Å². The Hall–Kier alpha value is -0.390. The second-order valence-electron chi connectivity index (χ2n) is 4.34. The molecule has 0 bridgehead atoms. The Morgan fingerprint density at radius 1 is 1.53 bits per heavy atom. The predicted octanol–water partition coefficient (Wildman–Crippen LogP) is 2.43. The van der Waals surface area contributed by atoms with Gasteiger partial charge in [-0.1, -0.05) is 0 Å². The van der Waals surface area contributed by atoms with E-state index in [9.17, 15) is 9.90 Å². The maximum atomic E-state index is 11.9. The highest BCUT2D eigenvalue weighted by Crippen LogP contribution is 2.21. The van der Waals surface area contributed by atoms with Crippen LogP contribution < -0.4 is 0 Å². The zero-order valence-corrected chi connectivity index (χ0v) is 12.0. The highest BCUT2D eigenvalue weighted by Gasteiger charge is 2.20. The van der Waals surface area contributed by atoms with Crippen LogP contribution in [0, 0.1) is 0 Å². The summed E-state index contributed by atoms with van der Waals surface area (Å²) in [5.74, 6) is 0.210. The van der Waals surface area contributed by atoms with Gasteiger partial charge in [0, 0.05) is 34.2 Å². The Kier molecular flexibility index (Phi) is 4.59. The SMILES string of the molecule is O=C(CCc1cc(Br)cs1)N1CCC(O)CC1. The first-order valence-corrected chi connectivity index (χ1v) is 7.51. The third-order valence-electron chi connectivity index (χ3n) is 3.02. The minimum atomic E-state index is -0.215. The molecule has 1 saturated heterocycles. The molecule has 1 amide bonds. The van der Waals surface area contributed by atoms with Crippen LogP contribution in [0.5, 0.6) is 0 Å². The van der Waals surface area contributed by atoms with Crippen molar-refractivity contribution in [1.29, 1.82) is 0 Å². The summed E-state index contributed by atoms with van der Waals surface area (Å²) in [6.45, 7) is 1.41. The molecule has 0 unspecified atom stereocenters. The summed E-state index contributed by atoms with van der Waals surface area (Å²) >= 11 is 5.09. The van der Waals surface area contributed by atoms with Gasteiger partial charge in [-0.15, -0.1) is 11.3 Å². The standard InChI is InChI=1S/C12H16BrNO2S/c13-9-7-11(17-8-9)1-2-12(16)14-5-3-10(15)4-6-14/h7-8,10,15H,1-6H2. The van der Waals surface area contributed by atoms with Crippen molar-refractivity contribution in [3.63, 3.8) is 0 Å². The summed E-state index contributed by atoms with van der Waals surface area (Å²) in [6.07, 6.45) is 2.61. The lowest BCUT2D eigenvalue weighted by molar-refractivity contribution is -0.133. The van der Waals surface area contributed by atoms with Crippen LogP contribution in [0.2, 0.25) is 0 Å². The van der Waals surface area contributed by atoms with Gasteiger partial charge in [0.05, 0.1) is 6.10 Å². The van der Waals surface area contributed by atoms with Gasteiger partial charge in [0.25, 0.3) is 0 Å². The zero-order chi connectivity index (χ0) is 12.3. The summed E-state index contributed by atoms with van der Waals surface area (Å²) in [4.78, 5) is 15.0. The first-order valence-electron chi connectivity index (χ1n) is 5.84. The van der Waals surface area contributed by atoms with Crippen LogP contribution in [0.3, 0.4) is 0 Å². The van der Waals surface area contributed by atoms with Crippen LogP contribution in [0.15, 0.2) is 15.9 Å². The fourth-order valence-corrected chi connectivity index (χ4v) is 3.44. The molecular formula is C12H16BrNO2S. The van der Waals surface area contributed by atoms with Crippen LogP contribution in [0.4, 0.5) is 0 Å². The minimum absolute atomic E-state index is 0.210. The molecule has 1 aliphatic rings. The van der Waals surface area contributed by atoms with Crippen LogP contribution in [-0.4, -0.2) is 35.1 Å². The molecule has 17 heavy (non-hydrogen) atoms. The Bertz CT molecular complexity index is 386. The van der Waals surface area contributed by atoms with Gasteiger partial charge in [0.2, 0.25) is 5.91 Å². The summed E-state index contributed by atoms with van der Waals surface area (Å²) in [6, 6.07) is 2.07. The molecule has 2 heterocycles. The molecule has 0 aromatic carbocycles. The van der Waals surface area contributed by atoms with Gasteiger partial charge >= 0.3 is 0 Å². The lowest BCUT2D eigenvalue weighted by atomic mass is 10.1. The third kappa shape index (κ3) is 3.79. The first-order chi connectivity index (χ1) is 8.15. The number of nitrogens with zero attached hydrogens (tertiary/aromatic N) is 1. The molecule has 5 heteroatoms. The summed E-state index contributed by atoms with van der Waals surface area (Å²) in [5, 5.41) is 11.4. The van der Waals surface area contributed by atoms with Gasteiger partial charge in [0.1, 0.15) is 0 Å². The van der Waals surface area contributed by atoms with Crippen molar-refractivity contribution < 1.29 is 9.90 Å². The molecule has 2 rings (SSSR count). The number of likely N-dealkylation sites (tertiary alicyclic amines) is 1. The molecule has 1 fully saturated rings. The Morgan fingerprint density at radius 2 is 2.24 bits per heavy atom. The predicted molar refractivity (Wildman–Crippen MR) is 72.2 cm³/mol. The Labute approximate surface area is 114 Å². The van der Waals surface area contributed by atoms with Crippen molar-refractivity contribution in [1.82, 2.24) is 4.90 Å². The molecule has 0 spiro atoms. The quantitative estimate of drug-likeness (QED) is 0.930. The van der Waals surface area contributed by atoms with Crippen molar-refractivity contribution in [3.8, 4) is 0 Å². The van der Waals surface area contributed by atoms with Crippen molar-refractivity contribution in [3.05, 3.63) is 20.8 Å². The lowest BCUT2D eigenvalue weighted by Crippen LogP contribution is -2.40. The van der Waals surface area contributed by atoms with Gasteiger partial charge in [-0.3, -0.25) is 4.79 Å². The number of carbonyl (C=O) groups is 1. The maximum absolute atomic E-state index is 11.9. The molecule has 0 atom stereocenters. The average Bonchev–Trinajstić information content (AvgIpc) is 2.73. The van der Waals surface area contributed by atoms with Crippen LogP contribution >= 0.6 is 27.3 Å². The second kappa shape index (κ2) is 5.98. The van der Waals surface area contributed by atoms with Crippen LogP contribution in [0.25, 0.3) is 0 Å². The summed E-state index contributed by atoms with van der Waals surface area (Å²) in [7, 11) is 0. The highest BCUT2D eigenvalue weighted by molar-refractivity contribution is 9.10. The minimum Gasteiger partial charge on any atom is -0.393 e. The topological polar surface area (TPSA) is 40.5 Å². The number of amides is 1. The number of hydrogen-bond acceptors (Lipinski definition) is 3. The molecule has 1 aromatic rings. The fourth-order valence-electron chi connectivity index (χ4n) is 1.99. The Morgan fingerprint density at radius 3 is 2.82 bits per heavy atom. The molecule has 0 radical (unpaired) electrons. The largest absolute Gasteiger partial charge is 0.393 e. The van der Waals surface area contributed by atoms with E-state index in [-0.39, 0.29) is 12.0 Å².